The van der Waals surface area contributed by atoms with Crippen molar-refractivity contribution in [3.8, 4) is 5.75 Å². The Hall–Kier alpha value is -1.31. The average Bonchev–Trinajstić information content (AvgIpc) is 2.99. The smallest absolute Gasteiger partial charge is 0.306 e. The first-order valence-electron chi connectivity index (χ1n) is 8.90. The largest absolute Gasteiger partial charge is 0.382 e. The maximum atomic E-state index is 12.9. The molecule has 0 radical (unpaired) electrons. The molecule has 2 fully saturated rings. The van der Waals surface area contributed by atoms with Gasteiger partial charge in [-0.3, -0.25) is 4.79 Å². The summed E-state index contributed by atoms with van der Waals surface area (Å²) in [5.74, 6) is 0.350. The molecule has 0 unspecified atom stereocenters. The summed E-state index contributed by atoms with van der Waals surface area (Å²) in [5, 5.41) is 0.467. The first-order valence-corrected chi connectivity index (χ1v) is 11.1. The molecule has 1 saturated heterocycles. The summed E-state index contributed by atoms with van der Waals surface area (Å²) < 4.78 is 33.9. The van der Waals surface area contributed by atoms with E-state index in [0.29, 0.717) is 17.1 Å². The minimum atomic E-state index is -3.67. The van der Waals surface area contributed by atoms with Gasteiger partial charge < -0.3 is 13.8 Å². The van der Waals surface area contributed by atoms with Gasteiger partial charge in [0.25, 0.3) is 0 Å². The second-order valence-electron chi connectivity index (χ2n) is 7.02. The van der Waals surface area contributed by atoms with Crippen molar-refractivity contribution in [1.82, 2.24) is 4.90 Å². The van der Waals surface area contributed by atoms with Gasteiger partial charge in [0.05, 0.1) is 12.4 Å². The van der Waals surface area contributed by atoms with Crippen LogP contribution < -0.4 is 4.18 Å². The van der Waals surface area contributed by atoms with Crippen LogP contribution in [0.25, 0.3) is 0 Å². The molecular weight excluding hydrogens is 378 g/mol. The quantitative estimate of drug-likeness (QED) is 0.657. The Balaban J connectivity index is 1.82. The fraction of sp³-hybridized carbons (Fsp3) is 0.611. The highest BCUT2D eigenvalue weighted by Gasteiger charge is 2.32. The van der Waals surface area contributed by atoms with E-state index in [4.69, 9.17) is 20.5 Å². The van der Waals surface area contributed by atoms with E-state index in [1.54, 1.807) is 17.0 Å². The number of carbonyl (C=O) groups excluding carboxylic acids is 1. The lowest BCUT2D eigenvalue weighted by Gasteiger charge is -2.33. The molecule has 26 heavy (non-hydrogen) atoms. The summed E-state index contributed by atoms with van der Waals surface area (Å²) in [5.41, 5.74) is 0.577. The molecule has 1 aromatic carbocycles. The normalized spacial score (nSPS) is 20.6. The number of hydrogen-bond acceptors (Lipinski definition) is 5. The van der Waals surface area contributed by atoms with E-state index in [2.05, 4.69) is 0 Å². The second-order valence-corrected chi connectivity index (χ2v) is 9.03. The number of ether oxygens (including phenoxy) is 1. The fourth-order valence-corrected chi connectivity index (χ4v) is 3.99. The van der Waals surface area contributed by atoms with Crippen LogP contribution >= 0.6 is 11.6 Å². The van der Waals surface area contributed by atoms with Crippen LogP contribution in [0.4, 0.5) is 0 Å². The fourth-order valence-electron chi connectivity index (χ4n) is 3.30. The first-order chi connectivity index (χ1) is 12.3. The molecule has 8 heteroatoms. The van der Waals surface area contributed by atoms with Crippen molar-refractivity contribution in [2.75, 3.05) is 19.4 Å². The van der Waals surface area contributed by atoms with Crippen LogP contribution in [0.1, 0.15) is 37.7 Å². The van der Waals surface area contributed by atoms with Crippen LogP contribution in [0.2, 0.25) is 5.02 Å². The van der Waals surface area contributed by atoms with Gasteiger partial charge >= 0.3 is 10.1 Å². The Labute approximate surface area is 159 Å². The van der Waals surface area contributed by atoms with Crippen LogP contribution in [-0.2, 0) is 26.2 Å². The van der Waals surface area contributed by atoms with Gasteiger partial charge in [0, 0.05) is 36.2 Å². The van der Waals surface area contributed by atoms with Crippen LogP contribution in [0.15, 0.2) is 18.2 Å². The van der Waals surface area contributed by atoms with E-state index >= 15 is 0 Å². The van der Waals surface area contributed by atoms with Gasteiger partial charge in [0.15, 0.2) is 0 Å². The van der Waals surface area contributed by atoms with Gasteiger partial charge in [-0.15, -0.1) is 0 Å². The Morgan fingerprint density at radius 1 is 1.31 bits per heavy atom. The third-order valence-electron chi connectivity index (χ3n) is 4.84. The second kappa shape index (κ2) is 8.15. The minimum Gasteiger partial charge on any atom is -0.382 e. The summed E-state index contributed by atoms with van der Waals surface area (Å²) >= 11 is 6.09. The SMILES string of the molecule is CS(=O)(=O)Oc1ccc(Cl)cc1CN(C[C@H]1CCCO1)C(=O)C1CCC1. The molecule has 1 aliphatic carbocycles. The van der Waals surface area contributed by atoms with Crippen molar-refractivity contribution in [3.05, 3.63) is 28.8 Å². The van der Waals surface area contributed by atoms with E-state index in [0.717, 1.165) is 45.0 Å². The zero-order valence-electron chi connectivity index (χ0n) is 14.8. The van der Waals surface area contributed by atoms with Gasteiger partial charge in [-0.1, -0.05) is 18.0 Å². The predicted octanol–water partition coefficient (Wildman–Crippen LogP) is 2.99. The van der Waals surface area contributed by atoms with Crippen LogP contribution in [0.5, 0.6) is 5.75 Å². The minimum absolute atomic E-state index is 0.0255. The van der Waals surface area contributed by atoms with Crippen molar-refractivity contribution in [2.45, 2.75) is 44.8 Å². The summed E-state index contributed by atoms with van der Waals surface area (Å²) in [7, 11) is -3.67. The zero-order chi connectivity index (χ0) is 18.7. The molecular formula is C18H24ClNO5S. The maximum Gasteiger partial charge on any atom is 0.306 e. The molecule has 144 valence electrons. The van der Waals surface area contributed by atoms with Crippen molar-refractivity contribution >= 4 is 27.6 Å². The Morgan fingerprint density at radius 2 is 2.08 bits per heavy atom. The highest BCUT2D eigenvalue weighted by molar-refractivity contribution is 7.86. The number of halogens is 1. The highest BCUT2D eigenvalue weighted by atomic mass is 35.5. The molecule has 0 bridgehead atoms. The number of benzene rings is 1. The van der Waals surface area contributed by atoms with Gasteiger partial charge in [0.2, 0.25) is 5.91 Å². The lowest BCUT2D eigenvalue weighted by atomic mass is 9.84. The first kappa shape index (κ1) is 19.5. The predicted molar refractivity (Wildman–Crippen MR) is 98.7 cm³/mol. The number of nitrogens with zero attached hydrogens (tertiary/aromatic N) is 1. The molecule has 2 aliphatic rings. The number of rotatable bonds is 7. The van der Waals surface area contributed by atoms with Crippen molar-refractivity contribution < 1.29 is 22.1 Å². The van der Waals surface area contributed by atoms with Crippen molar-refractivity contribution in [3.63, 3.8) is 0 Å². The Morgan fingerprint density at radius 3 is 2.65 bits per heavy atom. The number of amides is 1. The Kier molecular flexibility index (Phi) is 6.10. The van der Waals surface area contributed by atoms with Crippen molar-refractivity contribution in [1.29, 1.82) is 0 Å². The molecule has 1 aliphatic heterocycles. The number of hydrogen-bond donors (Lipinski definition) is 0. The van der Waals surface area contributed by atoms with Gasteiger partial charge in [-0.05, 0) is 43.9 Å². The van der Waals surface area contributed by atoms with E-state index in [-0.39, 0.29) is 30.2 Å². The van der Waals surface area contributed by atoms with E-state index in [1.165, 1.54) is 6.07 Å². The standard InChI is InChI=1S/C18H24ClNO5S/c1-26(22,23)25-17-8-7-15(19)10-14(17)11-20(12-16-6-3-9-24-16)18(21)13-4-2-5-13/h7-8,10,13,16H,2-6,9,11-12H2,1H3/t16-/m1/s1. The summed E-state index contributed by atoms with van der Waals surface area (Å²) in [6, 6.07) is 4.75. The van der Waals surface area contributed by atoms with Gasteiger partial charge in [-0.25, -0.2) is 0 Å². The van der Waals surface area contributed by atoms with Crippen LogP contribution in [-0.4, -0.2) is 44.7 Å². The summed E-state index contributed by atoms with van der Waals surface area (Å²) in [6.45, 7) is 1.47. The van der Waals surface area contributed by atoms with E-state index in [9.17, 15) is 13.2 Å². The zero-order valence-corrected chi connectivity index (χ0v) is 16.4. The average molecular weight is 402 g/mol. The molecule has 0 spiro atoms. The molecule has 1 heterocycles. The molecule has 6 nitrogen and oxygen atoms in total. The molecule has 3 rings (SSSR count). The van der Waals surface area contributed by atoms with E-state index in [1.807, 2.05) is 0 Å². The third-order valence-corrected chi connectivity index (χ3v) is 5.56. The molecule has 0 aromatic heterocycles. The maximum absolute atomic E-state index is 12.9. The summed E-state index contributed by atoms with van der Waals surface area (Å²) in [6.07, 6.45) is 5.83. The van der Waals surface area contributed by atoms with Gasteiger partial charge in [0.1, 0.15) is 5.75 Å². The summed E-state index contributed by atoms with van der Waals surface area (Å²) in [4.78, 5) is 14.6. The van der Waals surface area contributed by atoms with Crippen LogP contribution in [0, 0.1) is 5.92 Å². The molecule has 1 atom stereocenters. The van der Waals surface area contributed by atoms with E-state index < -0.39 is 10.1 Å². The third kappa shape index (κ3) is 5.11. The molecule has 0 N–H and O–H groups in total. The number of carbonyl (C=O) groups is 1. The van der Waals surface area contributed by atoms with Crippen LogP contribution in [0.3, 0.4) is 0 Å². The lowest BCUT2D eigenvalue weighted by Crippen LogP contribution is -2.42. The highest BCUT2D eigenvalue weighted by Crippen LogP contribution is 2.31. The Bertz CT molecular complexity index is 757. The molecule has 1 amide bonds. The monoisotopic (exact) mass is 401 g/mol. The van der Waals surface area contributed by atoms with Crippen molar-refractivity contribution in [2.24, 2.45) is 5.92 Å². The van der Waals surface area contributed by atoms with Gasteiger partial charge in [-0.2, -0.15) is 8.42 Å². The topological polar surface area (TPSA) is 72.9 Å². The molecule has 1 saturated carbocycles. The molecule has 1 aromatic rings. The lowest BCUT2D eigenvalue weighted by molar-refractivity contribution is -0.140.